The van der Waals surface area contributed by atoms with Crippen molar-refractivity contribution >= 4 is 45.3 Å². The summed E-state index contributed by atoms with van der Waals surface area (Å²) in [6.07, 6.45) is 1.49. The summed E-state index contributed by atoms with van der Waals surface area (Å²) in [7, 11) is 0. The van der Waals surface area contributed by atoms with Crippen LogP contribution in [0, 0.1) is 10.1 Å². The molecule has 1 N–H and O–H groups in total. The maximum Gasteiger partial charge on any atom is 0.269 e. The second kappa shape index (κ2) is 11.2. The third-order valence-corrected chi connectivity index (χ3v) is 5.29. The summed E-state index contributed by atoms with van der Waals surface area (Å²) in [6.45, 7) is 3.16. The minimum Gasteiger partial charge on any atom is -0.486 e. The maximum atomic E-state index is 12.0. The van der Waals surface area contributed by atoms with Crippen LogP contribution in [0.4, 0.5) is 5.69 Å². The predicted octanol–water partition coefficient (Wildman–Crippen LogP) is 3.37. The van der Waals surface area contributed by atoms with Crippen LogP contribution in [0.3, 0.4) is 0 Å². The number of amides is 1. The van der Waals surface area contributed by atoms with E-state index < -0.39 is 4.92 Å². The number of nitro groups is 1. The standard InChI is InChI=1S/C20H20BrClN4O5/c21-17-9-15(11-23-24-19(27)12-25-5-7-30-8-6-25)10-18(22)20(17)31-13-14-1-3-16(4-2-14)26(28)29/h1-4,9-11H,5-8,12-13H2,(H,24,27)/b23-11+. The molecule has 2 aromatic rings. The molecule has 0 atom stereocenters. The average Bonchev–Trinajstić information content (AvgIpc) is 2.74. The first-order valence-electron chi connectivity index (χ1n) is 9.39. The second-order valence-electron chi connectivity index (χ2n) is 6.71. The largest absolute Gasteiger partial charge is 0.486 e. The molecule has 31 heavy (non-hydrogen) atoms. The Bertz CT molecular complexity index is 942. The smallest absolute Gasteiger partial charge is 0.269 e. The van der Waals surface area contributed by atoms with Crippen molar-refractivity contribution in [3.63, 3.8) is 0 Å². The lowest BCUT2D eigenvalue weighted by molar-refractivity contribution is -0.384. The highest BCUT2D eigenvalue weighted by atomic mass is 79.9. The number of nitrogens with one attached hydrogen (secondary N) is 1. The maximum absolute atomic E-state index is 12.0. The van der Waals surface area contributed by atoms with E-state index in [9.17, 15) is 14.9 Å². The summed E-state index contributed by atoms with van der Waals surface area (Å²) in [4.78, 5) is 24.2. The Kier molecular flexibility index (Phi) is 8.35. The van der Waals surface area contributed by atoms with Crippen molar-refractivity contribution in [2.24, 2.45) is 5.10 Å². The van der Waals surface area contributed by atoms with Gasteiger partial charge in [0.05, 0.1) is 40.4 Å². The van der Waals surface area contributed by atoms with Crippen LogP contribution >= 0.6 is 27.5 Å². The van der Waals surface area contributed by atoms with Crippen molar-refractivity contribution < 1.29 is 19.2 Å². The molecule has 2 aromatic carbocycles. The molecule has 1 aliphatic heterocycles. The van der Waals surface area contributed by atoms with E-state index in [2.05, 4.69) is 26.5 Å². The fourth-order valence-electron chi connectivity index (χ4n) is 2.84. The fourth-order valence-corrected chi connectivity index (χ4v) is 3.83. The molecule has 9 nitrogen and oxygen atoms in total. The number of carbonyl (C=O) groups excluding carboxylic acids is 1. The van der Waals surface area contributed by atoms with Gasteiger partial charge in [-0.3, -0.25) is 19.8 Å². The number of nitro benzene ring substituents is 1. The van der Waals surface area contributed by atoms with Crippen molar-refractivity contribution in [1.82, 2.24) is 10.3 Å². The molecule has 0 bridgehead atoms. The van der Waals surface area contributed by atoms with E-state index in [1.165, 1.54) is 18.3 Å². The highest BCUT2D eigenvalue weighted by molar-refractivity contribution is 9.10. The second-order valence-corrected chi connectivity index (χ2v) is 7.97. The van der Waals surface area contributed by atoms with E-state index in [4.69, 9.17) is 21.1 Å². The molecule has 1 aliphatic rings. The van der Waals surface area contributed by atoms with Crippen LogP contribution in [0.2, 0.25) is 5.02 Å². The van der Waals surface area contributed by atoms with Gasteiger partial charge in [-0.15, -0.1) is 0 Å². The zero-order chi connectivity index (χ0) is 22.2. The van der Waals surface area contributed by atoms with E-state index in [0.29, 0.717) is 34.0 Å². The van der Waals surface area contributed by atoms with Gasteiger partial charge in [0.2, 0.25) is 0 Å². The van der Waals surface area contributed by atoms with E-state index in [0.717, 1.165) is 18.7 Å². The third kappa shape index (κ3) is 7.00. The summed E-state index contributed by atoms with van der Waals surface area (Å²) in [5.74, 6) is 0.236. The lowest BCUT2D eigenvalue weighted by Crippen LogP contribution is -2.42. The molecule has 1 fully saturated rings. The van der Waals surface area contributed by atoms with Gasteiger partial charge in [0, 0.05) is 25.2 Å². The molecule has 1 amide bonds. The van der Waals surface area contributed by atoms with Gasteiger partial charge < -0.3 is 9.47 Å². The van der Waals surface area contributed by atoms with Gasteiger partial charge in [-0.1, -0.05) is 11.6 Å². The number of morpholine rings is 1. The molecule has 3 rings (SSSR count). The van der Waals surface area contributed by atoms with Gasteiger partial charge in [-0.25, -0.2) is 5.43 Å². The molecule has 164 valence electrons. The molecule has 0 unspecified atom stereocenters. The average molecular weight is 512 g/mol. The van der Waals surface area contributed by atoms with Crippen molar-refractivity contribution in [3.8, 4) is 5.75 Å². The van der Waals surface area contributed by atoms with Gasteiger partial charge in [-0.05, 0) is 51.3 Å². The Hall–Kier alpha value is -2.53. The fraction of sp³-hybridized carbons (Fsp3) is 0.300. The molecule has 1 saturated heterocycles. The van der Waals surface area contributed by atoms with Crippen LogP contribution in [-0.2, 0) is 16.1 Å². The quantitative estimate of drug-likeness (QED) is 0.331. The van der Waals surface area contributed by atoms with Crippen LogP contribution < -0.4 is 10.2 Å². The van der Waals surface area contributed by atoms with Gasteiger partial charge >= 0.3 is 0 Å². The zero-order valence-electron chi connectivity index (χ0n) is 16.4. The number of nitrogens with zero attached hydrogens (tertiary/aromatic N) is 3. The lowest BCUT2D eigenvalue weighted by atomic mass is 10.2. The third-order valence-electron chi connectivity index (χ3n) is 4.42. The Labute approximate surface area is 192 Å². The lowest BCUT2D eigenvalue weighted by Gasteiger charge is -2.25. The van der Waals surface area contributed by atoms with Gasteiger partial charge in [0.1, 0.15) is 6.61 Å². The van der Waals surface area contributed by atoms with Gasteiger partial charge in [0.15, 0.2) is 5.75 Å². The SMILES string of the molecule is O=C(CN1CCOCC1)N/N=C/c1cc(Cl)c(OCc2ccc([N+](=O)[O-])cc2)c(Br)c1. The summed E-state index contributed by atoms with van der Waals surface area (Å²) >= 11 is 9.75. The number of hydrogen-bond acceptors (Lipinski definition) is 7. The first-order chi connectivity index (χ1) is 14.9. The number of halogens is 2. The van der Waals surface area contributed by atoms with E-state index in [1.54, 1.807) is 24.3 Å². The number of hydrogen-bond donors (Lipinski definition) is 1. The highest BCUT2D eigenvalue weighted by Crippen LogP contribution is 2.34. The van der Waals surface area contributed by atoms with Crippen molar-refractivity contribution in [2.45, 2.75) is 6.61 Å². The molecule has 0 aliphatic carbocycles. The van der Waals surface area contributed by atoms with E-state index in [1.807, 2.05) is 4.90 Å². The molecule has 1 heterocycles. The van der Waals surface area contributed by atoms with Crippen LogP contribution in [0.1, 0.15) is 11.1 Å². The van der Waals surface area contributed by atoms with Crippen LogP contribution in [0.5, 0.6) is 5.75 Å². The molecule has 0 spiro atoms. The number of rotatable bonds is 8. The minimum atomic E-state index is -0.455. The van der Waals surface area contributed by atoms with Crippen LogP contribution in [-0.4, -0.2) is 54.8 Å². The molecule has 0 aromatic heterocycles. The number of benzene rings is 2. The summed E-state index contributed by atoms with van der Waals surface area (Å²) in [5, 5.41) is 15.1. The van der Waals surface area contributed by atoms with Crippen molar-refractivity contribution in [2.75, 3.05) is 32.8 Å². The Morgan fingerprint density at radius 3 is 2.68 bits per heavy atom. The zero-order valence-corrected chi connectivity index (χ0v) is 18.8. The minimum absolute atomic E-state index is 0.0173. The molecule has 0 saturated carbocycles. The van der Waals surface area contributed by atoms with Crippen molar-refractivity contribution in [1.29, 1.82) is 0 Å². The number of non-ortho nitro benzene ring substituents is 1. The van der Waals surface area contributed by atoms with Gasteiger partial charge in [-0.2, -0.15) is 5.10 Å². The predicted molar refractivity (Wildman–Crippen MR) is 120 cm³/mol. The van der Waals surface area contributed by atoms with E-state index in [-0.39, 0.29) is 24.7 Å². The van der Waals surface area contributed by atoms with Crippen LogP contribution in [0.25, 0.3) is 0 Å². The first kappa shape index (κ1) is 23.1. The monoisotopic (exact) mass is 510 g/mol. The number of carbonyl (C=O) groups is 1. The molecule has 11 heteroatoms. The number of ether oxygens (including phenoxy) is 2. The normalized spacial score (nSPS) is 14.5. The summed E-state index contributed by atoms with van der Waals surface area (Å²) < 4.78 is 11.6. The topological polar surface area (TPSA) is 106 Å². The Balaban J connectivity index is 1.54. The van der Waals surface area contributed by atoms with E-state index >= 15 is 0 Å². The first-order valence-corrected chi connectivity index (χ1v) is 10.6. The molecule has 0 radical (unpaired) electrons. The van der Waals surface area contributed by atoms with Crippen LogP contribution in [0.15, 0.2) is 46.0 Å². The highest BCUT2D eigenvalue weighted by Gasteiger charge is 2.14. The Morgan fingerprint density at radius 1 is 1.32 bits per heavy atom. The summed E-state index contributed by atoms with van der Waals surface area (Å²) in [6, 6.07) is 9.51. The Morgan fingerprint density at radius 2 is 2.03 bits per heavy atom. The number of hydrazone groups is 1. The van der Waals surface area contributed by atoms with Crippen molar-refractivity contribution in [3.05, 3.63) is 67.1 Å². The molecular formula is C20H20BrClN4O5. The molecular weight excluding hydrogens is 492 g/mol. The van der Waals surface area contributed by atoms with Gasteiger partial charge in [0.25, 0.3) is 11.6 Å². The summed E-state index contributed by atoms with van der Waals surface area (Å²) in [5.41, 5.74) is 3.96.